The topological polar surface area (TPSA) is 113 Å². The maximum absolute atomic E-state index is 13.3. The average Bonchev–Trinajstić information content (AvgIpc) is 3.36. The number of aliphatic carboxylic acids is 1. The third kappa shape index (κ3) is 6.86. The zero-order chi connectivity index (χ0) is 28.8. The molecule has 2 aromatic carbocycles. The first kappa shape index (κ1) is 29.2. The van der Waals surface area contributed by atoms with Crippen molar-refractivity contribution in [3.8, 4) is 11.5 Å². The Balaban J connectivity index is 1.41. The molecular formula is C28H27FN2O7S2. The highest BCUT2D eigenvalue weighted by molar-refractivity contribution is 8.26. The quantitative estimate of drug-likeness (QED) is 0.167. The molecule has 3 amide bonds. The molecule has 2 aliphatic rings. The molecule has 2 heterocycles. The van der Waals surface area contributed by atoms with Gasteiger partial charge in [-0.1, -0.05) is 48.6 Å². The highest BCUT2D eigenvalue weighted by Crippen LogP contribution is 2.38. The van der Waals surface area contributed by atoms with Crippen LogP contribution in [0.4, 0.5) is 4.39 Å². The molecule has 0 spiro atoms. The van der Waals surface area contributed by atoms with E-state index in [0.29, 0.717) is 41.2 Å². The van der Waals surface area contributed by atoms with E-state index in [4.69, 9.17) is 26.8 Å². The zero-order valence-electron chi connectivity index (χ0n) is 21.6. The number of carbonyl (C=O) groups is 4. The van der Waals surface area contributed by atoms with Crippen molar-refractivity contribution in [2.75, 3.05) is 13.7 Å². The number of thiocarbonyl (C=S) groups is 1. The van der Waals surface area contributed by atoms with Gasteiger partial charge in [0.15, 0.2) is 11.5 Å². The summed E-state index contributed by atoms with van der Waals surface area (Å²) in [5.74, 6) is -1.64. The lowest BCUT2D eigenvalue weighted by Gasteiger charge is -2.21. The number of carboxylic acids is 1. The number of benzene rings is 2. The number of thioether (sulfide) groups is 1. The fourth-order valence-corrected chi connectivity index (χ4v) is 5.72. The van der Waals surface area contributed by atoms with E-state index >= 15 is 0 Å². The van der Waals surface area contributed by atoms with E-state index in [0.717, 1.165) is 22.2 Å². The van der Waals surface area contributed by atoms with Crippen molar-refractivity contribution in [1.82, 2.24) is 9.80 Å². The Morgan fingerprint density at radius 2 is 1.88 bits per heavy atom. The summed E-state index contributed by atoms with van der Waals surface area (Å²) in [6.45, 7) is 0.385. The number of carbonyl (C=O) groups excluding carboxylic acids is 3. The Kier molecular flexibility index (Phi) is 9.54. The van der Waals surface area contributed by atoms with Gasteiger partial charge in [0, 0.05) is 13.0 Å². The number of rotatable bonds is 12. The first-order valence-electron chi connectivity index (χ1n) is 12.6. The summed E-state index contributed by atoms with van der Waals surface area (Å²) >= 11 is 6.45. The smallest absolute Gasteiger partial charge is 0.303 e. The molecule has 0 aliphatic carbocycles. The van der Waals surface area contributed by atoms with Gasteiger partial charge in [-0.2, -0.15) is 0 Å². The molecule has 0 saturated carbocycles. The number of hydrogen-bond donors (Lipinski definition) is 1. The van der Waals surface area contributed by atoms with E-state index in [-0.39, 0.29) is 42.0 Å². The largest absolute Gasteiger partial charge is 0.493 e. The molecule has 0 radical (unpaired) electrons. The lowest BCUT2D eigenvalue weighted by Crippen LogP contribution is -2.44. The van der Waals surface area contributed by atoms with Crippen LogP contribution >= 0.6 is 24.0 Å². The van der Waals surface area contributed by atoms with Crippen LogP contribution in [0.15, 0.2) is 47.4 Å². The van der Waals surface area contributed by atoms with Gasteiger partial charge in [-0.05, 0) is 54.3 Å². The third-order valence-corrected chi connectivity index (χ3v) is 7.75. The average molecular weight is 587 g/mol. The fourth-order valence-electron chi connectivity index (χ4n) is 4.36. The second-order valence-corrected chi connectivity index (χ2v) is 10.9. The van der Waals surface area contributed by atoms with Crippen LogP contribution in [0.1, 0.15) is 43.2 Å². The second-order valence-electron chi connectivity index (χ2n) is 9.19. The minimum absolute atomic E-state index is 0.0328. The molecule has 40 heavy (non-hydrogen) atoms. The predicted molar refractivity (Wildman–Crippen MR) is 150 cm³/mol. The van der Waals surface area contributed by atoms with Crippen molar-refractivity contribution in [3.63, 3.8) is 0 Å². The number of amides is 3. The number of halogens is 1. The van der Waals surface area contributed by atoms with Gasteiger partial charge in [0.25, 0.3) is 11.8 Å². The van der Waals surface area contributed by atoms with Crippen LogP contribution in [-0.2, 0) is 25.8 Å². The Morgan fingerprint density at radius 1 is 1.12 bits per heavy atom. The summed E-state index contributed by atoms with van der Waals surface area (Å²) in [5, 5.41) is 8.74. The lowest BCUT2D eigenvalue weighted by atomic mass is 10.1. The first-order valence-corrected chi connectivity index (χ1v) is 13.8. The minimum Gasteiger partial charge on any atom is -0.493 e. The van der Waals surface area contributed by atoms with E-state index in [9.17, 15) is 23.6 Å². The SMILES string of the molecule is COc1cc(/C=C2\SC(=S)N([C@H]3CC(=O)N(CCCCCC(=O)O)C3=O)C2=O)ccc1OCc1ccc(F)cc1. The van der Waals surface area contributed by atoms with Crippen molar-refractivity contribution < 1.29 is 38.1 Å². The van der Waals surface area contributed by atoms with Gasteiger partial charge in [-0.15, -0.1) is 0 Å². The normalized spacial score (nSPS) is 18.2. The number of likely N-dealkylation sites (tertiary alicyclic amines) is 1. The van der Waals surface area contributed by atoms with E-state index in [1.807, 2.05) is 0 Å². The molecule has 2 saturated heterocycles. The molecule has 0 aromatic heterocycles. The maximum atomic E-state index is 13.3. The highest BCUT2D eigenvalue weighted by atomic mass is 32.2. The number of methoxy groups -OCH3 is 1. The van der Waals surface area contributed by atoms with Gasteiger partial charge >= 0.3 is 5.97 Å². The standard InChI is InChI=1S/C28H27FN2O7S2/c1-37-22-13-18(8-11-21(22)38-16-17-6-9-19(29)10-7-17)14-23-27(36)31(28(39)40-23)20-15-24(32)30(26(20)35)12-4-2-3-5-25(33)34/h6-11,13-14,20H,2-5,12,15-16H2,1H3,(H,33,34)/b23-14-/t20-/m0/s1. The van der Waals surface area contributed by atoms with Crippen molar-refractivity contribution in [1.29, 1.82) is 0 Å². The number of nitrogens with zero attached hydrogens (tertiary/aromatic N) is 2. The maximum Gasteiger partial charge on any atom is 0.303 e. The lowest BCUT2D eigenvalue weighted by molar-refractivity contribution is -0.141. The van der Waals surface area contributed by atoms with E-state index in [1.54, 1.807) is 36.4 Å². The summed E-state index contributed by atoms with van der Waals surface area (Å²) in [7, 11) is 1.49. The molecule has 12 heteroatoms. The fraction of sp³-hybridized carbons (Fsp3) is 0.321. The number of imide groups is 1. The summed E-state index contributed by atoms with van der Waals surface area (Å²) < 4.78 is 24.6. The number of hydrogen-bond acceptors (Lipinski definition) is 8. The molecule has 2 aromatic rings. The van der Waals surface area contributed by atoms with E-state index < -0.39 is 23.8 Å². The molecule has 0 bridgehead atoms. The molecule has 2 fully saturated rings. The van der Waals surface area contributed by atoms with Gasteiger partial charge in [-0.3, -0.25) is 29.0 Å². The Bertz CT molecular complexity index is 1360. The van der Waals surface area contributed by atoms with Gasteiger partial charge in [0.1, 0.15) is 22.8 Å². The Morgan fingerprint density at radius 3 is 2.58 bits per heavy atom. The van der Waals surface area contributed by atoms with Crippen molar-refractivity contribution in [2.24, 2.45) is 0 Å². The summed E-state index contributed by atoms with van der Waals surface area (Å²) in [6.07, 6.45) is 3.03. The highest BCUT2D eigenvalue weighted by Gasteiger charge is 2.48. The van der Waals surface area contributed by atoms with Crippen LogP contribution in [0, 0.1) is 5.82 Å². The van der Waals surface area contributed by atoms with Crippen LogP contribution in [-0.4, -0.2) is 62.6 Å². The van der Waals surface area contributed by atoms with Crippen molar-refractivity contribution in [2.45, 2.75) is 44.8 Å². The predicted octanol–water partition coefficient (Wildman–Crippen LogP) is 4.39. The van der Waals surface area contributed by atoms with Gasteiger partial charge in [0.05, 0.1) is 18.4 Å². The van der Waals surface area contributed by atoms with Crippen molar-refractivity contribution >= 4 is 58.1 Å². The van der Waals surface area contributed by atoms with Crippen LogP contribution < -0.4 is 9.47 Å². The number of carboxylic acid groups (broad SMARTS) is 1. The van der Waals surface area contributed by atoms with Crippen molar-refractivity contribution in [3.05, 3.63) is 64.3 Å². The molecule has 1 N–H and O–H groups in total. The minimum atomic E-state index is -0.998. The monoisotopic (exact) mass is 586 g/mol. The summed E-state index contributed by atoms with van der Waals surface area (Å²) in [5.41, 5.74) is 1.43. The van der Waals surface area contributed by atoms with E-state index in [2.05, 4.69) is 0 Å². The van der Waals surface area contributed by atoms with Crippen LogP contribution in [0.25, 0.3) is 6.08 Å². The van der Waals surface area contributed by atoms with Gasteiger partial charge in [-0.25, -0.2) is 4.39 Å². The zero-order valence-corrected chi connectivity index (χ0v) is 23.3. The number of ether oxygens (including phenoxy) is 2. The van der Waals surface area contributed by atoms with Crippen LogP contribution in [0.3, 0.4) is 0 Å². The Hall–Kier alpha value is -3.77. The van der Waals surface area contributed by atoms with Crippen LogP contribution in [0.2, 0.25) is 0 Å². The molecule has 0 unspecified atom stereocenters. The number of unbranched alkanes of at least 4 members (excludes halogenated alkanes) is 2. The molecular weight excluding hydrogens is 559 g/mol. The van der Waals surface area contributed by atoms with Gasteiger partial charge < -0.3 is 14.6 Å². The van der Waals surface area contributed by atoms with E-state index in [1.165, 1.54) is 24.1 Å². The van der Waals surface area contributed by atoms with Crippen LogP contribution in [0.5, 0.6) is 11.5 Å². The molecule has 9 nitrogen and oxygen atoms in total. The Labute approximate surface area is 239 Å². The summed E-state index contributed by atoms with van der Waals surface area (Å²) in [6, 6.07) is 10.1. The second kappa shape index (κ2) is 13.1. The first-order chi connectivity index (χ1) is 19.2. The molecule has 4 rings (SSSR count). The van der Waals surface area contributed by atoms with Gasteiger partial charge in [0.2, 0.25) is 5.91 Å². The molecule has 1 atom stereocenters. The summed E-state index contributed by atoms with van der Waals surface area (Å²) in [4.78, 5) is 52.1. The molecule has 210 valence electrons. The molecule has 2 aliphatic heterocycles. The third-order valence-electron chi connectivity index (χ3n) is 6.42.